The van der Waals surface area contributed by atoms with Crippen molar-refractivity contribution in [1.82, 2.24) is 14.8 Å². The van der Waals surface area contributed by atoms with Crippen LogP contribution >= 0.6 is 24.0 Å². The lowest BCUT2D eigenvalue weighted by Crippen LogP contribution is -2.39. The van der Waals surface area contributed by atoms with Crippen LogP contribution in [0.2, 0.25) is 0 Å². The van der Waals surface area contributed by atoms with Crippen molar-refractivity contribution in [2.75, 3.05) is 39.1 Å². The summed E-state index contributed by atoms with van der Waals surface area (Å²) in [6.45, 7) is 2.34. The molecule has 0 bridgehead atoms. The molecule has 2 aromatic rings. The Morgan fingerprint density at radius 3 is 2.54 bits per heavy atom. The van der Waals surface area contributed by atoms with Crippen LogP contribution < -0.4 is 10.2 Å². The summed E-state index contributed by atoms with van der Waals surface area (Å²) in [7, 11) is 7.76. The maximum atomic E-state index is 13.8. The second-order valence-electron chi connectivity index (χ2n) is 6.17. The van der Waals surface area contributed by atoms with E-state index in [1.165, 1.54) is 11.8 Å². The van der Waals surface area contributed by atoms with Gasteiger partial charge in [0.15, 0.2) is 5.96 Å². The van der Waals surface area contributed by atoms with Crippen LogP contribution in [0, 0.1) is 5.82 Å². The van der Waals surface area contributed by atoms with Gasteiger partial charge in [-0.05, 0) is 30.7 Å². The molecule has 144 valence electrons. The SMILES string of the molecule is CN=C(NCCCN(C)c1ccccc1F)N(C)Cc1cccn1C.I. The van der Waals surface area contributed by atoms with E-state index in [4.69, 9.17) is 0 Å². The Bertz CT molecular complexity index is 701. The van der Waals surface area contributed by atoms with Crippen molar-refractivity contribution >= 4 is 35.6 Å². The van der Waals surface area contributed by atoms with Gasteiger partial charge < -0.3 is 19.7 Å². The van der Waals surface area contributed by atoms with Gasteiger partial charge in [0.2, 0.25) is 0 Å². The predicted molar refractivity (Wildman–Crippen MR) is 118 cm³/mol. The summed E-state index contributed by atoms with van der Waals surface area (Å²) in [5.74, 6) is 0.672. The number of halogens is 2. The van der Waals surface area contributed by atoms with E-state index in [-0.39, 0.29) is 29.8 Å². The van der Waals surface area contributed by atoms with Gasteiger partial charge in [0.1, 0.15) is 5.82 Å². The van der Waals surface area contributed by atoms with E-state index in [9.17, 15) is 4.39 Å². The topological polar surface area (TPSA) is 35.8 Å². The van der Waals surface area contributed by atoms with E-state index in [0.29, 0.717) is 5.69 Å². The van der Waals surface area contributed by atoms with Gasteiger partial charge in [-0.1, -0.05) is 12.1 Å². The molecule has 0 saturated heterocycles. The van der Waals surface area contributed by atoms with Crippen molar-refractivity contribution < 1.29 is 4.39 Å². The molecular formula is C19H29FIN5. The van der Waals surface area contributed by atoms with Gasteiger partial charge >= 0.3 is 0 Å². The Hall–Kier alpha value is -1.77. The van der Waals surface area contributed by atoms with Crippen molar-refractivity contribution in [2.24, 2.45) is 12.0 Å². The molecule has 5 nitrogen and oxygen atoms in total. The monoisotopic (exact) mass is 473 g/mol. The molecule has 0 fully saturated rings. The summed E-state index contributed by atoms with van der Waals surface area (Å²) in [6, 6.07) is 11.0. The highest BCUT2D eigenvalue weighted by Gasteiger charge is 2.09. The molecule has 0 radical (unpaired) electrons. The molecule has 0 aliphatic rings. The van der Waals surface area contributed by atoms with Gasteiger partial charge in [-0.3, -0.25) is 4.99 Å². The van der Waals surface area contributed by atoms with Gasteiger partial charge in [0, 0.05) is 53.2 Å². The van der Waals surface area contributed by atoms with Gasteiger partial charge in [0.25, 0.3) is 0 Å². The van der Waals surface area contributed by atoms with Crippen molar-refractivity contribution in [3.8, 4) is 0 Å². The summed E-state index contributed by atoms with van der Waals surface area (Å²) in [5, 5.41) is 3.37. The Kier molecular flexibility index (Phi) is 9.47. The van der Waals surface area contributed by atoms with Crippen LogP contribution in [0.15, 0.2) is 47.6 Å². The number of para-hydroxylation sites is 1. The highest BCUT2D eigenvalue weighted by Crippen LogP contribution is 2.16. The minimum Gasteiger partial charge on any atom is -0.372 e. The van der Waals surface area contributed by atoms with E-state index in [1.807, 2.05) is 44.4 Å². The number of guanidine groups is 1. The fourth-order valence-corrected chi connectivity index (χ4v) is 2.76. The Morgan fingerprint density at radius 1 is 1.19 bits per heavy atom. The molecule has 0 saturated carbocycles. The van der Waals surface area contributed by atoms with Gasteiger partial charge in [-0.15, -0.1) is 24.0 Å². The maximum absolute atomic E-state index is 13.8. The Balaban J connectivity index is 0.00000338. The molecule has 1 aromatic heterocycles. The van der Waals surface area contributed by atoms with E-state index in [0.717, 1.165) is 32.0 Å². The van der Waals surface area contributed by atoms with Crippen molar-refractivity contribution in [3.05, 3.63) is 54.1 Å². The smallest absolute Gasteiger partial charge is 0.193 e. The average molecular weight is 473 g/mol. The third-order valence-corrected chi connectivity index (χ3v) is 4.24. The number of hydrogen-bond acceptors (Lipinski definition) is 2. The van der Waals surface area contributed by atoms with Gasteiger partial charge in [0.05, 0.1) is 12.2 Å². The number of nitrogens with zero attached hydrogens (tertiary/aromatic N) is 4. The summed E-state index contributed by atoms with van der Waals surface area (Å²) in [5.41, 5.74) is 1.86. The molecule has 7 heteroatoms. The maximum Gasteiger partial charge on any atom is 0.193 e. The van der Waals surface area contributed by atoms with Crippen LogP contribution in [-0.2, 0) is 13.6 Å². The first-order valence-electron chi connectivity index (χ1n) is 8.50. The lowest BCUT2D eigenvalue weighted by Gasteiger charge is -2.23. The minimum atomic E-state index is -0.184. The summed E-state index contributed by atoms with van der Waals surface area (Å²) in [6.07, 6.45) is 2.93. The first-order valence-corrected chi connectivity index (χ1v) is 8.50. The molecular weight excluding hydrogens is 444 g/mol. The first-order chi connectivity index (χ1) is 12.0. The number of benzene rings is 1. The van der Waals surface area contributed by atoms with Crippen LogP contribution in [0.1, 0.15) is 12.1 Å². The van der Waals surface area contributed by atoms with Crippen molar-refractivity contribution in [3.63, 3.8) is 0 Å². The van der Waals surface area contributed by atoms with Crippen LogP contribution in [-0.4, -0.2) is 49.7 Å². The van der Waals surface area contributed by atoms with E-state index in [2.05, 4.69) is 25.8 Å². The molecule has 0 unspecified atom stereocenters. The fourth-order valence-electron chi connectivity index (χ4n) is 2.76. The minimum absolute atomic E-state index is 0. The van der Waals surface area contributed by atoms with Gasteiger partial charge in [-0.25, -0.2) is 4.39 Å². The fraction of sp³-hybridized carbons (Fsp3) is 0.421. The third kappa shape index (κ3) is 6.19. The predicted octanol–water partition coefficient (Wildman–Crippen LogP) is 3.32. The molecule has 1 N–H and O–H groups in total. The van der Waals surface area contributed by atoms with Crippen LogP contribution in [0.25, 0.3) is 0 Å². The summed E-state index contributed by atoms with van der Waals surface area (Å²) < 4.78 is 15.9. The molecule has 0 aliphatic heterocycles. The molecule has 0 atom stereocenters. The zero-order valence-electron chi connectivity index (χ0n) is 15.9. The molecule has 26 heavy (non-hydrogen) atoms. The Labute approximate surface area is 172 Å². The number of hydrogen-bond donors (Lipinski definition) is 1. The molecule has 0 amide bonds. The van der Waals surface area contributed by atoms with E-state index in [1.54, 1.807) is 19.2 Å². The zero-order chi connectivity index (χ0) is 18.2. The largest absolute Gasteiger partial charge is 0.372 e. The number of rotatable bonds is 7. The molecule has 1 heterocycles. The summed E-state index contributed by atoms with van der Waals surface area (Å²) in [4.78, 5) is 8.37. The second kappa shape index (κ2) is 11.1. The quantitative estimate of drug-likeness (QED) is 0.290. The van der Waals surface area contributed by atoms with E-state index < -0.39 is 0 Å². The number of aliphatic imine (C=N–C) groups is 1. The van der Waals surface area contributed by atoms with Gasteiger partial charge in [-0.2, -0.15) is 0 Å². The zero-order valence-corrected chi connectivity index (χ0v) is 18.3. The normalized spacial score (nSPS) is 11.0. The molecule has 0 spiro atoms. The summed E-state index contributed by atoms with van der Waals surface area (Å²) >= 11 is 0. The first kappa shape index (κ1) is 22.3. The Morgan fingerprint density at radius 2 is 1.92 bits per heavy atom. The van der Waals surface area contributed by atoms with Crippen LogP contribution in [0.3, 0.4) is 0 Å². The van der Waals surface area contributed by atoms with Crippen LogP contribution in [0.4, 0.5) is 10.1 Å². The molecule has 2 rings (SSSR count). The standard InChI is InChI=1S/C19H28FN5.HI/c1-21-19(25(4)15-16-9-7-13-23(16)2)22-12-8-14-24(3)18-11-6-5-10-17(18)20;/h5-7,9-11,13H,8,12,14-15H2,1-4H3,(H,21,22);1H. The number of anilines is 1. The lowest BCUT2D eigenvalue weighted by atomic mass is 10.2. The van der Waals surface area contributed by atoms with Crippen molar-refractivity contribution in [2.45, 2.75) is 13.0 Å². The van der Waals surface area contributed by atoms with Crippen LogP contribution in [0.5, 0.6) is 0 Å². The number of nitrogens with one attached hydrogen (secondary N) is 1. The molecule has 1 aromatic carbocycles. The molecule has 0 aliphatic carbocycles. The van der Waals surface area contributed by atoms with Crippen molar-refractivity contribution in [1.29, 1.82) is 0 Å². The van der Waals surface area contributed by atoms with E-state index >= 15 is 0 Å². The third-order valence-electron chi connectivity index (χ3n) is 4.24. The average Bonchev–Trinajstić information content (AvgIpc) is 3.00. The number of aromatic nitrogens is 1. The highest BCUT2D eigenvalue weighted by atomic mass is 127. The highest BCUT2D eigenvalue weighted by molar-refractivity contribution is 14.0. The second-order valence-corrected chi connectivity index (χ2v) is 6.17. The number of aryl methyl sites for hydroxylation is 1. The lowest BCUT2D eigenvalue weighted by molar-refractivity contribution is 0.461.